The van der Waals surface area contributed by atoms with E-state index >= 15 is 35.1 Å². The van der Waals surface area contributed by atoms with Gasteiger partial charge < -0.3 is 0 Å². The van der Waals surface area contributed by atoms with Crippen molar-refractivity contribution >= 4 is 38.9 Å². The summed E-state index contributed by atoms with van der Waals surface area (Å²) in [6.45, 7) is 0.752. The van der Waals surface area contributed by atoms with Gasteiger partial charge in [0.1, 0.15) is 58.5 Å². The molecule has 1 nitrogen and oxygen atoms in total. The standard InChI is InChI=1S/C24BF20.C16H13FN/c26-5-1(6(27)14(35)21(42)13(5)34)25(2-7(28)15(36)22(43)16(37)8(2)29,3-9(30)17(38)23(44)18(39)10(3)31)4-11(32)19(40)24(45)20(41)12(4)33;17-15-9-8-14-7-4-10-18(16(14)11-15)12-13-5-2-1-3-6-13/h;1-11H,12H2/q-1;+1. The van der Waals surface area contributed by atoms with E-state index in [0.29, 0.717) is 0 Å². The zero-order valence-corrected chi connectivity index (χ0v) is 30.0. The summed E-state index contributed by atoms with van der Waals surface area (Å²) >= 11 is 0. The zero-order chi connectivity index (χ0) is 46.7. The lowest BCUT2D eigenvalue weighted by molar-refractivity contribution is -0.662. The minimum atomic E-state index is -7.22. The molecule has 0 fully saturated rings. The molecule has 0 spiro atoms. The van der Waals surface area contributed by atoms with Gasteiger partial charge in [-0.15, -0.1) is 21.9 Å². The third-order valence-corrected chi connectivity index (χ3v) is 9.75. The van der Waals surface area contributed by atoms with Crippen LogP contribution in [0.15, 0.2) is 66.9 Å². The molecule has 328 valence electrons. The van der Waals surface area contributed by atoms with Gasteiger partial charge in [-0.05, 0) is 18.2 Å². The molecule has 0 aliphatic rings. The Kier molecular flexibility index (Phi) is 12.3. The molecule has 7 rings (SSSR count). The minimum absolute atomic E-state index is 0.199. The van der Waals surface area contributed by atoms with E-state index in [1.807, 2.05) is 42.6 Å². The zero-order valence-electron chi connectivity index (χ0n) is 30.0. The van der Waals surface area contributed by atoms with Crippen LogP contribution in [0.5, 0.6) is 0 Å². The van der Waals surface area contributed by atoms with Gasteiger partial charge in [0.05, 0.1) is 0 Å². The number of hydrogen-bond acceptors (Lipinski definition) is 0. The summed E-state index contributed by atoms with van der Waals surface area (Å²) in [4.78, 5) is 0. The van der Waals surface area contributed by atoms with Gasteiger partial charge in [-0.3, -0.25) is 0 Å². The summed E-state index contributed by atoms with van der Waals surface area (Å²) in [5, 5.41) is 1.05. The summed E-state index contributed by atoms with van der Waals surface area (Å²) in [5.74, 6) is -71.6. The monoisotopic (exact) mass is 917 g/mol. The van der Waals surface area contributed by atoms with Gasteiger partial charge in [0.25, 0.3) is 0 Å². The molecule has 0 atom stereocenters. The van der Waals surface area contributed by atoms with Crippen molar-refractivity contribution in [3.05, 3.63) is 195 Å². The molecule has 0 unspecified atom stereocenters. The van der Waals surface area contributed by atoms with Crippen LogP contribution in [0.1, 0.15) is 5.56 Å². The largest absolute Gasteiger partial charge is 0.215 e. The summed E-state index contributed by atoms with van der Waals surface area (Å²) in [7, 11) is 0. The molecule has 0 radical (unpaired) electrons. The molecule has 0 aliphatic carbocycles. The van der Waals surface area contributed by atoms with Gasteiger partial charge in [-0.25, -0.2) is 92.2 Å². The fourth-order valence-corrected chi connectivity index (χ4v) is 7.03. The van der Waals surface area contributed by atoms with Crippen LogP contribution < -0.4 is 26.4 Å². The predicted octanol–water partition coefficient (Wildman–Crippen LogP) is 9.16. The van der Waals surface area contributed by atoms with E-state index in [2.05, 4.69) is 16.7 Å². The molecule has 0 amide bonds. The molecule has 0 saturated carbocycles. The van der Waals surface area contributed by atoms with Crippen molar-refractivity contribution in [2.24, 2.45) is 0 Å². The molecule has 0 saturated heterocycles. The molecule has 0 aliphatic heterocycles. The normalized spacial score (nSPS) is 11.6. The Morgan fingerprint density at radius 3 is 0.937 bits per heavy atom. The lowest BCUT2D eigenvalue weighted by atomic mass is 9.12. The van der Waals surface area contributed by atoms with Crippen molar-refractivity contribution in [3.8, 4) is 0 Å². The van der Waals surface area contributed by atoms with Crippen molar-refractivity contribution in [3.63, 3.8) is 0 Å². The summed E-state index contributed by atoms with van der Waals surface area (Å²) in [5.41, 5.74) is -12.2. The number of rotatable bonds is 6. The van der Waals surface area contributed by atoms with Crippen molar-refractivity contribution in [2.45, 2.75) is 6.54 Å². The van der Waals surface area contributed by atoms with Crippen LogP contribution in [-0.4, -0.2) is 6.15 Å². The van der Waals surface area contributed by atoms with Crippen LogP contribution >= 0.6 is 0 Å². The maximum absolute atomic E-state index is 15.4. The molecular formula is C40H13BF21N. The molecular weight excluding hydrogens is 904 g/mol. The average molecular weight is 917 g/mol. The van der Waals surface area contributed by atoms with E-state index in [1.165, 1.54) is 11.6 Å². The second-order valence-corrected chi connectivity index (χ2v) is 13.1. The highest BCUT2D eigenvalue weighted by Crippen LogP contribution is 2.31. The smallest absolute Gasteiger partial charge is 0.207 e. The van der Waals surface area contributed by atoms with Gasteiger partial charge >= 0.3 is 0 Å². The second kappa shape index (κ2) is 16.9. The van der Waals surface area contributed by atoms with Crippen molar-refractivity contribution in [1.82, 2.24) is 0 Å². The summed E-state index contributed by atoms with van der Waals surface area (Å²) in [6, 6.07) is 19.1. The lowest BCUT2D eigenvalue weighted by Gasteiger charge is -2.44. The number of fused-ring (bicyclic) bond motifs is 1. The fourth-order valence-electron chi connectivity index (χ4n) is 7.03. The van der Waals surface area contributed by atoms with E-state index in [4.69, 9.17) is 0 Å². The van der Waals surface area contributed by atoms with Crippen LogP contribution in [0, 0.1) is 122 Å². The third kappa shape index (κ3) is 7.15. The first kappa shape index (κ1) is 45.8. The number of aromatic nitrogens is 1. The maximum atomic E-state index is 15.4. The van der Waals surface area contributed by atoms with Gasteiger partial charge in [0.15, 0.2) is 82.5 Å². The fraction of sp³-hybridized carbons (Fsp3) is 0.0250. The molecule has 0 N–H and O–H groups in total. The summed E-state index contributed by atoms with van der Waals surface area (Å²) < 4.78 is 309. The Morgan fingerprint density at radius 2 is 0.619 bits per heavy atom. The topological polar surface area (TPSA) is 3.88 Å². The molecule has 23 heteroatoms. The second-order valence-electron chi connectivity index (χ2n) is 13.1. The highest BCUT2D eigenvalue weighted by molar-refractivity contribution is 7.20. The highest BCUT2D eigenvalue weighted by Gasteiger charge is 2.52. The highest BCUT2D eigenvalue weighted by atomic mass is 19.2. The maximum Gasteiger partial charge on any atom is 0.215 e. The Balaban J connectivity index is 0.000000302. The number of nitrogens with zero attached hydrogens (tertiary/aromatic N) is 1. The lowest BCUT2D eigenvalue weighted by Crippen LogP contribution is -2.81. The molecule has 1 heterocycles. The van der Waals surface area contributed by atoms with E-state index in [-0.39, 0.29) is 5.82 Å². The predicted molar refractivity (Wildman–Crippen MR) is 179 cm³/mol. The summed E-state index contributed by atoms with van der Waals surface area (Å²) in [6.07, 6.45) is -5.24. The van der Waals surface area contributed by atoms with Crippen molar-refractivity contribution in [1.29, 1.82) is 0 Å². The average Bonchev–Trinajstić information content (AvgIpc) is 3.27. The van der Waals surface area contributed by atoms with Crippen LogP contribution in [0.4, 0.5) is 92.2 Å². The Labute approximate surface area is 336 Å². The van der Waals surface area contributed by atoms with Gasteiger partial charge in [-0.1, -0.05) is 30.3 Å². The minimum Gasteiger partial charge on any atom is -0.207 e. The van der Waals surface area contributed by atoms with Crippen LogP contribution in [-0.2, 0) is 6.54 Å². The molecule has 63 heavy (non-hydrogen) atoms. The Morgan fingerprint density at radius 1 is 0.317 bits per heavy atom. The SMILES string of the molecule is Fc1c(F)c(F)c([B-](c2c(F)c(F)c(F)c(F)c2F)(c2c(F)c(F)c(F)c(F)c2F)c2c(F)c(F)c(F)c(F)c2F)c(F)c1F.Fc1ccc2ccc[n+](Cc3ccccc3)c2c1. The third-order valence-electron chi connectivity index (χ3n) is 9.75. The van der Waals surface area contributed by atoms with Crippen LogP contribution in [0.2, 0.25) is 0 Å². The van der Waals surface area contributed by atoms with E-state index < -0.39 is 144 Å². The van der Waals surface area contributed by atoms with E-state index in [0.717, 1.165) is 17.4 Å². The van der Waals surface area contributed by atoms with Crippen molar-refractivity contribution < 1.29 is 96.8 Å². The van der Waals surface area contributed by atoms with Gasteiger partial charge in [0.2, 0.25) is 5.52 Å². The van der Waals surface area contributed by atoms with Crippen LogP contribution in [0.25, 0.3) is 10.9 Å². The first-order valence-corrected chi connectivity index (χ1v) is 16.9. The van der Waals surface area contributed by atoms with E-state index in [9.17, 15) is 57.1 Å². The number of halogens is 21. The quantitative estimate of drug-likeness (QED) is 0.0516. The van der Waals surface area contributed by atoms with Crippen LogP contribution in [0.3, 0.4) is 0 Å². The molecule has 1 aromatic heterocycles. The first-order chi connectivity index (χ1) is 29.5. The van der Waals surface area contributed by atoms with Gasteiger partial charge in [-0.2, -0.15) is 4.57 Å². The first-order valence-electron chi connectivity index (χ1n) is 16.9. The van der Waals surface area contributed by atoms with E-state index in [1.54, 1.807) is 6.07 Å². The molecule has 7 aromatic rings. The number of benzene rings is 6. The number of pyridine rings is 1. The number of hydrogen-bond donors (Lipinski definition) is 0. The Bertz CT molecular complexity index is 2610. The Hall–Kier alpha value is -6.68. The molecule has 6 aromatic carbocycles. The van der Waals surface area contributed by atoms with Gasteiger partial charge in [0, 0.05) is 23.1 Å². The van der Waals surface area contributed by atoms with Crippen molar-refractivity contribution in [2.75, 3.05) is 0 Å². The molecule has 0 bridgehead atoms.